The maximum Gasteiger partial charge on any atom is 0.211 e. The number of amidine groups is 1. The minimum Gasteiger partial charge on any atom is -0.357 e. The van der Waals surface area contributed by atoms with Gasteiger partial charge >= 0.3 is 0 Å². The highest BCUT2D eigenvalue weighted by Gasteiger charge is 2.32. The quantitative estimate of drug-likeness (QED) is 0.751. The van der Waals surface area contributed by atoms with Crippen LogP contribution in [-0.4, -0.2) is 23.8 Å². The zero-order valence-electron chi connectivity index (χ0n) is 16.9. The summed E-state index contributed by atoms with van der Waals surface area (Å²) in [6, 6.07) is 16.4. The van der Waals surface area contributed by atoms with Gasteiger partial charge in [-0.3, -0.25) is 5.73 Å². The molecule has 1 aliphatic rings. The predicted molar refractivity (Wildman–Crippen MR) is 118 cm³/mol. The topological polar surface area (TPSA) is 53.6 Å². The van der Waals surface area contributed by atoms with Gasteiger partial charge in [0, 0.05) is 29.4 Å². The van der Waals surface area contributed by atoms with Crippen molar-refractivity contribution in [2.45, 2.75) is 39.4 Å². The third-order valence-electron chi connectivity index (χ3n) is 5.17. The largest absolute Gasteiger partial charge is 0.357 e. The highest BCUT2D eigenvalue weighted by molar-refractivity contribution is 6.31. The zero-order chi connectivity index (χ0) is 20.1. The van der Waals surface area contributed by atoms with Crippen LogP contribution in [0.25, 0.3) is 0 Å². The molecule has 0 aromatic heterocycles. The first-order valence-electron chi connectivity index (χ1n) is 9.88. The maximum atomic E-state index is 6.77. The SMILES string of the molecule is CCN(CC)C1=NC(N)(c2ccc(C)c(Cl)c2)NC(CCc2ccccc2)=C1. The first-order valence-corrected chi connectivity index (χ1v) is 10.3. The number of likely N-dealkylation sites (N-methyl/N-ethyl adjacent to an activating group) is 1. The van der Waals surface area contributed by atoms with E-state index in [0.29, 0.717) is 5.02 Å². The summed E-state index contributed by atoms with van der Waals surface area (Å²) >= 11 is 6.37. The van der Waals surface area contributed by atoms with Crippen LogP contribution in [0.15, 0.2) is 65.3 Å². The Morgan fingerprint density at radius 2 is 1.79 bits per heavy atom. The number of aliphatic imine (C=N–C) groups is 1. The van der Waals surface area contributed by atoms with Crippen LogP contribution in [0.3, 0.4) is 0 Å². The number of allylic oxidation sites excluding steroid dienone is 1. The normalized spacial score (nSPS) is 18.9. The smallest absolute Gasteiger partial charge is 0.211 e. The summed E-state index contributed by atoms with van der Waals surface area (Å²) in [5, 5.41) is 4.16. The molecule has 0 aliphatic carbocycles. The van der Waals surface area contributed by atoms with E-state index in [2.05, 4.69) is 54.4 Å². The van der Waals surface area contributed by atoms with Gasteiger partial charge in [0.1, 0.15) is 5.84 Å². The Morgan fingerprint density at radius 3 is 2.43 bits per heavy atom. The average Bonchev–Trinajstić information content (AvgIpc) is 2.70. The molecule has 0 fully saturated rings. The lowest BCUT2D eigenvalue weighted by Crippen LogP contribution is -2.52. The van der Waals surface area contributed by atoms with Crippen molar-refractivity contribution in [3.8, 4) is 0 Å². The van der Waals surface area contributed by atoms with Gasteiger partial charge in [-0.15, -0.1) is 0 Å². The monoisotopic (exact) mass is 396 g/mol. The number of benzene rings is 2. The number of nitrogens with two attached hydrogens (primary N) is 1. The Balaban J connectivity index is 1.92. The maximum absolute atomic E-state index is 6.77. The molecular formula is C23H29ClN4. The van der Waals surface area contributed by atoms with E-state index >= 15 is 0 Å². The minimum atomic E-state index is -1.03. The summed E-state index contributed by atoms with van der Waals surface area (Å²) < 4.78 is 0. The van der Waals surface area contributed by atoms with Crippen molar-refractivity contribution in [2.24, 2.45) is 10.7 Å². The Kier molecular flexibility index (Phi) is 6.42. The molecule has 2 aromatic rings. The second-order valence-electron chi connectivity index (χ2n) is 7.15. The predicted octanol–water partition coefficient (Wildman–Crippen LogP) is 4.58. The lowest BCUT2D eigenvalue weighted by molar-refractivity contribution is 0.367. The van der Waals surface area contributed by atoms with Gasteiger partial charge in [0.2, 0.25) is 5.79 Å². The van der Waals surface area contributed by atoms with Crippen LogP contribution < -0.4 is 11.1 Å². The van der Waals surface area contributed by atoms with Crippen molar-refractivity contribution in [3.63, 3.8) is 0 Å². The lowest BCUT2D eigenvalue weighted by atomic mass is 10.0. The van der Waals surface area contributed by atoms with Crippen LogP contribution in [0.1, 0.15) is 37.0 Å². The van der Waals surface area contributed by atoms with Gasteiger partial charge < -0.3 is 10.2 Å². The Bertz CT molecular complexity index is 871. The molecule has 3 N–H and O–H groups in total. The molecule has 0 saturated heterocycles. The number of hydrogen-bond acceptors (Lipinski definition) is 4. The molecule has 0 radical (unpaired) electrons. The van der Waals surface area contributed by atoms with E-state index in [0.717, 1.165) is 48.6 Å². The zero-order valence-corrected chi connectivity index (χ0v) is 17.6. The van der Waals surface area contributed by atoms with E-state index in [1.165, 1.54) is 5.56 Å². The van der Waals surface area contributed by atoms with Crippen LogP contribution in [-0.2, 0) is 12.2 Å². The number of hydrogen-bond donors (Lipinski definition) is 2. The van der Waals surface area contributed by atoms with Gasteiger partial charge in [-0.1, -0.05) is 54.1 Å². The molecule has 0 spiro atoms. The summed E-state index contributed by atoms with van der Waals surface area (Å²) in [7, 11) is 0. The van der Waals surface area contributed by atoms with Crippen LogP contribution >= 0.6 is 11.6 Å². The molecule has 0 saturated carbocycles. The summed E-state index contributed by atoms with van der Waals surface area (Å²) in [4.78, 5) is 7.10. The first-order chi connectivity index (χ1) is 13.4. The van der Waals surface area contributed by atoms with Crippen molar-refractivity contribution in [1.82, 2.24) is 10.2 Å². The van der Waals surface area contributed by atoms with E-state index in [9.17, 15) is 0 Å². The summed E-state index contributed by atoms with van der Waals surface area (Å²) in [6.45, 7) is 8.00. The molecule has 1 unspecified atom stereocenters. The van der Waals surface area contributed by atoms with E-state index < -0.39 is 5.79 Å². The highest BCUT2D eigenvalue weighted by Crippen LogP contribution is 2.28. The summed E-state index contributed by atoms with van der Waals surface area (Å²) in [5.41, 5.74) is 11.0. The fourth-order valence-corrected chi connectivity index (χ4v) is 3.59. The van der Waals surface area contributed by atoms with Crippen molar-refractivity contribution < 1.29 is 0 Å². The van der Waals surface area contributed by atoms with Gasteiger partial charge in [0.15, 0.2) is 0 Å². The van der Waals surface area contributed by atoms with Gasteiger partial charge in [0.05, 0.1) is 0 Å². The van der Waals surface area contributed by atoms with Crippen LogP contribution in [0, 0.1) is 6.92 Å². The summed E-state index contributed by atoms with van der Waals surface area (Å²) in [6.07, 6.45) is 3.93. The van der Waals surface area contributed by atoms with E-state index in [4.69, 9.17) is 22.3 Å². The molecule has 28 heavy (non-hydrogen) atoms. The number of rotatable bonds is 6. The Labute approximate surface area is 173 Å². The molecular weight excluding hydrogens is 368 g/mol. The van der Waals surface area contributed by atoms with Crippen molar-refractivity contribution in [1.29, 1.82) is 0 Å². The first kappa shape index (κ1) is 20.4. The number of aryl methyl sites for hydroxylation is 2. The minimum absolute atomic E-state index is 0.698. The van der Waals surface area contributed by atoms with Gasteiger partial charge in [-0.05, 0) is 56.9 Å². The van der Waals surface area contributed by atoms with Gasteiger partial charge in [0.25, 0.3) is 0 Å². The van der Waals surface area contributed by atoms with Gasteiger partial charge in [-0.2, -0.15) is 0 Å². The molecule has 0 amide bonds. The average molecular weight is 397 g/mol. The third kappa shape index (κ3) is 4.57. The lowest BCUT2D eigenvalue weighted by Gasteiger charge is -2.36. The van der Waals surface area contributed by atoms with Crippen molar-refractivity contribution in [2.75, 3.05) is 13.1 Å². The number of nitrogens with zero attached hydrogens (tertiary/aromatic N) is 2. The Hall–Kier alpha value is -2.30. The number of nitrogens with one attached hydrogen (secondary N) is 1. The standard InChI is InChI=1S/C23H29ClN4/c1-4-28(5-2)22-16-20(14-12-18-9-7-6-8-10-18)26-23(25,27-22)19-13-11-17(3)21(24)15-19/h6-11,13,15-16,26H,4-5,12,14,25H2,1-3H3. The van der Waals surface area contributed by atoms with Gasteiger partial charge in [-0.25, -0.2) is 4.99 Å². The second kappa shape index (κ2) is 8.80. The number of halogens is 1. The van der Waals surface area contributed by atoms with E-state index in [1.807, 2.05) is 31.2 Å². The van der Waals surface area contributed by atoms with E-state index in [1.54, 1.807) is 0 Å². The molecule has 1 aliphatic heterocycles. The molecule has 148 valence electrons. The van der Waals surface area contributed by atoms with Crippen LogP contribution in [0.4, 0.5) is 0 Å². The van der Waals surface area contributed by atoms with Crippen molar-refractivity contribution in [3.05, 3.63) is 82.0 Å². The molecule has 5 heteroatoms. The molecule has 3 rings (SSSR count). The molecule has 1 heterocycles. The molecule has 1 atom stereocenters. The van der Waals surface area contributed by atoms with Crippen LogP contribution in [0.2, 0.25) is 5.02 Å². The molecule has 4 nitrogen and oxygen atoms in total. The van der Waals surface area contributed by atoms with E-state index in [-0.39, 0.29) is 0 Å². The summed E-state index contributed by atoms with van der Waals surface area (Å²) in [5.74, 6) is -0.123. The third-order valence-corrected chi connectivity index (χ3v) is 5.58. The van der Waals surface area contributed by atoms with Crippen molar-refractivity contribution >= 4 is 17.4 Å². The van der Waals surface area contributed by atoms with Crippen LogP contribution in [0.5, 0.6) is 0 Å². The fourth-order valence-electron chi connectivity index (χ4n) is 3.41. The Morgan fingerprint density at radius 1 is 1.07 bits per heavy atom. The fraction of sp³-hybridized carbons (Fsp3) is 0.348. The molecule has 0 bridgehead atoms. The molecule has 2 aromatic carbocycles. The second-order valence-corrected chi connectivity index (χ2v) is 7.56. The highest BCUT2D eigenvalue weighted by atomic mass is 35.5.